The normalized spacial score (nSPS) is 12.2. The SMILES string of the molecule is c1ccc(-n2c3ccccc3c3cc(-n4c5ccccc5c5ccc(-c6ccc7c8c6ccc6cccc(c68)n7-c6ccc7c(c6)c6ccccc6n7-c6ccccc6)cc54)ccc32)cc1. The van der Waals surface area contributed by atoms with E-state index in [2.05, 4.69) is 249 Å². The van der Waals surface area contributed by atoms with Crippen LogP contribution in [-0.4, -0.2) is 18.3 Å². The van der Waals surface area contributed by atoms with Crippen LogP contribution in [-0.2, 0) is 0 Å². The molecule has 0 unspecified atom stereocenters. The fraction of sp³-hybridized carbons (Fsp3) is 0. The highest BCUT2D eigenvalue weighted by molar-refractivity contribution is 6.27. The molecule has 0 spiro atoms. The summed E-state index contributed by atoms with van der Waals surface area (Å²) >= 11 is 0. The van der Waals surface area contributed by atoms with E-state index in [1.165, 1.54) is 115 Å². The van der Waals surface area contributed by atoms with E-state index in [0.29, 0.717) is 0 Å². The van der Waals surface area contributed by atoms with Crippen molar-refractivity contribution >= 4 is 98.0 Å². The predicted octanol–water partition coefficient (Wildman–Crippen LogP) is 16.3. The van der Waals surface area contributed by atoms with Crippen LogP contribution in [0.15, 0.2) is 231 Å². The first-order valence-corrected chi connectivity index (χ1v) is 22.8. The third-order valence-corrected chi connectivity index (χ3v) is 14.3. The van der Waals surface area contributed by atoms with E-state index in [1.807, 2.05) is 0 Å². The van der Waals surface area contributed by atoms with Crippen molar-refractivity contribution in [3.63, 3.8) is 0 Å². The summed E-state index contributed by atoms with van der Waals surface area (Å²) in [4.78, 5) is 0. The molecule has 0 aliphatic carbocycles. The van der Waals surface area contributed by atoms with Crippen molar-refractivity contribution in [1.82, 2.24) is 18.3 Å². The van der Waals surface area contributed by atoms with Gasteiger partial charge in [0.15, 0.2) is 0 Å². The second kappa shape index (κ2) is 13.3. The molecule has 0 aliphatic heterocycles. The zero-order valence-electron chi connectivity index (χ0n) is 35.7. The minimum absolute atomic E-state index is 1.15. The summed E-state index contributed by atoms with van der Waals surface area (Å²) in [6.07, 6.45) is 0. The van der Waals surface area contributed by atoms with Gasteiger partial charge in [0.05, 0.1) is 44.1 Å². The highest BCUT2D eigenvalue weighted by Crippen LogP contribution is 2.45. The monoisotopic (exact) mass is 838 g/mol. The summed E-state index contributed by atoms with van der Waals surface area (Å²) in [5, 5.41) is 12.6. The van der Waals surface area contributed by atoms with Gasteiger partial charge in [-0.3, -0.25) is 0 Å². The van der Waals surface area contributed by atoms with Gasteiger partial charge >= 0.3 is 0 Å². The van der Waals surface area contributed by atoms with Crippen LogP contribution in [0.4, 0.5) is 0 Å². The summed E-state index contributed by atoms with van der Waals surface area (Å²) in [5.74, 6) is 0. The van der Waals surface area contributed by atoms with Gasteiger partial charge in [-0.25, -0.2) is 0 Å². The number of benzene rings is 11. The molecule has 306 valence electrons. The average molecular weight is 839 g/mol. The standard InChI is InChI=1S/C62H38N4/c1-3-15-41(16-4-1)63-54-23-11-8-20-47(54)51-37-43(28-33-56(51)63)65-53-22-10-7-19-46(53)49-30-27-40(36-60(49)65)45-32-35-59-62-50(45)31-26-39-14-13-25-58(61(39)62)66(59)44-29-34-57-52(38-44)48-21-9-12-24-55(48)64(57)42-17-5-2-6-18-42/h1-38H. The van der Waals surface area contributed by atoms with Gasteiger partial charge in [0.25, 0.3) is 0 Å². The molecule has 4 heterocycles. The Balaban J connectivity index is 0.934. The first-order chi connectivity index (χ1) is 32.8. The molecule has 11 aromatic carbocycles. The molecule has 0 fully saturated rings. The molecular formula is C62H38N4. The summed E-state index contributed by atoms with van der Waals surface area (Å²) in [6.45, 7) is 0. The third-order valence-electron chi connectivity index (χ3n) is 14.3. The van der Waals surface area contributed by atoms with Gasteiger partial charge in [-0.05, 0) is 119 Å². The maximum Gasteiger partial charge on any atom is 0.0547 e. The molecule has 0 radical (unpaired) electrons. The summed E-state index contributed by atoms with van der Waals surface area (Å²) < 4.78 is 9.73. The van der Waals surface area contributed by atoms with Crippen LogP contribution < -0.4 is 0 Å². The molecule has 4 nitrogen and oxygen atoms in total. The number of hydrogen-bond acceptors (Lipinski definition) is 0. The van der Waals surface area contributed by atoms with E-state index < -0.39 is 0 Å². The molecule has 0 atom stereocenters. The molecule has 15 aromatic rings. The van der Waals surface area contributed by atoms with Crippen molar-refractivity contribution in [2.24, 2.45) is 0 Å². The Hall–Kier alpha value is -8.86. The van der Waals surface area contributed by atoms with Crippen LogP contribution in [0.5, 0.6) is 0 Å². The maximum atomic E-state index is 2.48. The zero-order chi connectivity index (χ0) is 43.0. The molecule has 0 saturated heterocycles. The Morgan fingerprint density at radius 2 is 0.652 bits per heavy atom. The minimum atomic E-state index is 1.15. The van der Waals surface area contributed by atoms with E-state index in [4.69, 9.17) is 0 Å². The Labute approximate surface area is 379 Å². The van der Waals surface area contributed by atoms with E-state index in [9.17, 15) is 0 Å². The first-order valence-electron chi connectivity index (χ1n) is 22.8. The van der Waals surface area contributed by atoms with Crippen molar-refractivity contribution in [2.45, 2.75) is 0 Å². The number of nitrogens with zero attached hydrogens (tertiary/aromatic N) is 4. The topological polar surface area (TPSA) is 19.7 Å². The summed E-state index contributed by atoms with van der Waals surface area (Å²) in [7, 11) is 0. The van der Waals surface area contributed by atoms with Crippen molar-refractivity contribution in [3.05, 3.63) is 231 Å². The number of hydrogen-bond donors (Lipinski definition) is 0. The number of aromatic nitrogens is 4. The van der Waals surface area contributed by atoms with Crippen molar-refractivity contribution in [3.8, 4) is 33.9 Å². The van der Waals surface area contributed by atoms with Crippen molar-refractivity contribution in [1.29, 1.82) is 0 Å². The Bertz CT molecular complexity index is 4450. The first kappa shape index (κ1) is 35.6. The van der Waals surface area contributed by atoms with Crippen LogP contribution in [0.3, 0.4) is 0 Å². The molecule has 0 saturated carbocycles. The Morgan fingerprint density at radius 1 is 0.212 bits per heavy atom. The lowest BCUT2D eigenvalue weighted by atomic mass is 9.94. The lowest BCUT2D eigenvalue weighted by molar-refractivity contribution is 1.16. The molecule has 0 bridgehead atoms. The van der Waals surface area contributed by atoms with Crippen LogP contribution in [0.1, 0.15) is 0 Å². The van der Waals surface area contributed by atoms with Crippen molar-refractivity contribution < 1.29 is 0 Å². The van der Waals surface area contributed by atoms with E-state index in [1.54, 1.807) is 0 Å². The smallest absolute Gasteiger partial charge is 0.0547 e. The molecule has 4 aromatic heterocycles. The van der Waals surface area contributed by atoms with Gasteiger partial charge in [0, 0.05) is 65.8 Å². The fourth-order valence-corrected chi connectivity index (χ4v) is 11.5. The molecule has 0 aliphatic rings. The molecule has 66 heavy (non-hydrogen) atoms. The van der Waals surface area contributed by atoms with Gasteiger partial charge in [-0.1, -0.05) is 133 Å². The van der Waals surface area contributed by atoms with Gasteiger partial charge in [0.1, 0.15) is 0 Å². The molecular weight excluding hydrogens is 801 g/mol. The quantitative estimate of drug-likeness (QED) is 0.154. The lowest BCUT2D eigenvalue weighted by Gasteiger charge is -2.13. The third kappa shape index (κ3) is 4.82. The highest BCUT2D eigenvalue weighted by Gasteiger charge is 2.22. The summed E-state index contributed by atoms with van der Waals surface area (Å²) in [5.41, 5.74) is 16.7. The molecule has 4 heteroatoms. The van der Waals surface area contributed by atoms with Crippen LogP contribution in [0, 0.1) is 0 Å². The van der Waals surface area contributed by atoms with Gasteiger partial charge in [0.2, 0.25) is 0 Å². The minimum Gasteiger partial charge on any atom is -0.309 e. The Kier molecular flexibility index (Phi) is 7.19. The molecule has 0 amide bonds. The van der Waals surface area contributed by atoms with Gasteiger partial charge in [-0.15, -0.1) is 0 Å². The van der Waals surface area contributed by atoms with Crippen molar-refractivity contribution in [2.75, 3.05) is 0 Å². The second-order valence-corrected chi connectivity index (χ2v) is 17.7. The van der Waals surface area contributed by atoms with Crippen LogP contribution in [0.2, 0.25) is 0 Å². The predicted molar refractivity (Wildman–Crippen MR) is 278 cm³/mol. The van der Waals surface area contributed by atoms with E-state index in [-0.39, 0.29) is 0 Å². The van der Waals surface area contributed by atoms with E-state index >= 15 is 0 Å². The van der Waals surface area contributed by atoms with E-state index in [0.717, 1.165) is 17.1 Å². The fourth-order valence-electron chi connectivity index (χ4n) is 11.5. The van der Waals surface area contributed by atoms with Gasteiger partial charge in [-0.2, -0.15) is 0 Å². The van der Waals surface area contributed by atoms with Crippen LogP contribution >= 0.6 is 0 Å². The summed E-state index contributed by atoms with van der Waals surface area (Å²) in [6, 6.07) is 85.0. The molecule has 15 rings (SSSR count). The Morgan fingerprint density at radius 3 is 1.26 bits per heavy atom. The number of para-hydroxylation sites is 5. The lowest BCUT2D eigenvalue weighted by Crippen LogP contribution is -1.96. The maximum absolute atomic E-state index is 2.48. The zero-order valence-corrected chi connectivity index (χ0v) is 35.7. The average Bonchev–Trinajstić information content (AvgIpc) is 4.11. The molecule has 0 N–H and O–H groups in total. The number of rotatable bonds is 5. The van der Waals surface area contributed by atoms with Gasteiger partial charge < -0.3 is 18.3 Å². The largest absolute Gasteiger partial charge is 0.309 e. The number of fused-ring (bicyclic) bond motifs is 9. The highest BCUT2D eigenvalue weighted by atomic mass is 15.0. The van der Waals surface area contributed by atoms with Crippen LogP contribution in [0.25, 0.3) is 132 Å². The second-order valence-electron chi connectivity index (χ2n) is 17.7.